The molecule has 0 aromatic rings. The minimum atomic E-state index is -3.93. The second kappa shape index (κ2) is 5.02. The largest absolute Gasteiger partial charge is 0.390 e. The SMILES string of the molecule is O=P1(O)OCCC1C[C@@H]1[C@@H](O)[C@H](O)[C@H](O)CC1(F)F. The molecule has 1 aliphatic heterocycles. The summed E-state index contributed by atoms with van der Waals surface area (Å²) in [7, 11) is -3.93. The van der Waals surface area contributed by atoms with E-state index in [9.17, 15) is 33.6 Å². The molecule has 1 saturated carbocycles. The quantitative estimate of drug-likeness (QED) is 0.539. The van der Waals surface area contributed by atoms with E-state index < -0.39 is 56.2 Å². The molecule has 2 aliphatic rings. The van der Waals surface area contributed by atoms with Gasteiger partial charge in [-0.05, 0) is 12.8 Å². The highest BCUT2D eigenvalue weighted by Gasteiger charge is 2.56. The Morgan fingerprint density at radius 3 is 2.42 bits per heavy atom. The fraction of sp³-hybridized carbons (Fsp3) is 1.00. The molecule has 2 rings (SSSR count). The monoisotopic (exact) mass is 302 g/mol. The minimum absolute atomic E-state index is 0.0119. The minimum Gasteiger partial charge on any atom is -0.390 e. The van der Waals surface area contributed by atoms with Gasteiger partial charge in [0.05, 0.1) is 30.4 Å². The Labute approximate surface area is 108 Å². The lowest BCUT2D eigenvalue weighted by molar-refractivity contribution is -0.212. The van der Waals surface area contributed by atoms with E-state index in [1.165, 1.54) is 0 Å². The molecule has 1 heterocycles. The van der Waals surface area contributed by atoms with Gasteiger partial charge < -0.3 is 24.7 Å². The molecule has 0 amide bonds. The molecule has 0 aromatic carbocycles. The molecule has 0 bridgehead atoms. The Kier molecular flexibility index (Phi) is 4.04. The number of rotatable bonds is 2. The van der Waals surface area contributed by atoms with E-state index in [2.05, 4.69) is 4.52 Å². The summed E-state index contributed by atoms with van der Waals surface area (Å²) in [5, 5.41) is 28.4. The van der Waals surface area contributed by atoms with E-state index in [1.807, 2.05) is 0 Å². The summed E-state index contributed by atoms with van der Waals surface area (Å²) in [6.07, 6.45) is -6.46. The lowest BCUT2D eigenvalue weighted by Crippen LogP contribution is -2.56. The Balaban J connectivity index is 2.15. The fourth-order valence-corrected chi connectivity index (χ4v) is 4.21. The van der Waals surface area contributed by atoms with Crippen molar-refractivity contribution in [3.63, 3.8) is 0 Å². The average Bonchev–Trinajstić information content (AvgIpc) is 2.60. The average molecular weight is 302 g/mol. The second-order valence-electron chi connectivity index (χ2n) is 5.20. The molecule has 6 atom stereocenters. The van der Waals surface area contributed by atoms with Gasteiger partial charge in [-0.25, -0.2) is 8.78 Å². The maximum Gasteiger partial charge on any atom is 0.331 e. The summed E-state index contributed by atoms with van der Waals surface area (Å²) >= 11 is 0. The summed E-state index contributed by atoms with van der Waals surface area (Å²) in [5.74, 6) is -5.07. The third kappa shape index (κ3) is 2.84. The summed E-state index contributed by atoms with van der Waals surface area (Å²) < 4.78 is 43.8. The number of aliphatic hydroxyl groups excluding tert-OH is 3. The number of alkyl halides is 2. The Morgan fingerprint density at radius 2 is 1.89 bits per heavy atom. The molecule has 0 spiro atoms. The van der Waals surface area contributed by atoms with Crippen LogP contribution >= 0.6 is 7.60 Å². The summed E-state index contributed by atoms with van der Waals surface area (Å²) in [4.78, 5) is 9.45. The molecule has 112 valence electrons. The Bertz CT molecular complexity index is 392. The predicted molar refractivity (Wildman–Crippen MR) is 59.9 cm³/mol. The van der Waals surface area contributed by atoms with Gasteiger partial charge in [0.2, 0.25) is 0 Å². The van der Waals surface area contributed by atoms with Crippen molar-refractivity contribution >= 4 is 7.60 Å². The molecule has 2 unspecified atom stereocenters. The molecule has 0 aromatic heterocycles. The van der Waals surface area contributed by atoms with E-state index in [1.54, 1.807) is 0 Å². The molecule has 19 heavy (non-hydrogen) atoms. The Morgan fingerprint density at radius 1 is 1.26 bits per heavy atom. The lowest BCUT2D eigenvalue weighted by Gasteiger charge is -2.41. The molecule has 1 saturated heterocycles. The van der Waals surface area contributed by atoms with Crippen LogP contribution in [0, 0.1) is 5.92 Å². The molecule has 2 fully saturated rings. The molecular weight excluding hydrogens is 285 g/mol. The maximum absolute atomic E-state index is 13.8. The molecule has 0 radical (unpaired) electrons. The van der Waals surface area contributed by atoms with Crippen LogP contribution in [0.4, 0.5) is 8.78 Å². The van der Waals surface area contributed by atoms with Crippen LogP contribution in [-0.4, -0.2) is 56.7 Å². The smallest absolute Gasteiger partial charge is 0.331 e. The van der Waals surface area contributed by atoms with Crippen LogP contribution in [0.1, 0.15) is 19.3 Å². The van der Waals surface area contributed by atoms with Gasteiger partial charge in [-0.2, -0.15) is 0 Å². The van der Waals surface area contributed by atoms with Gasteiger partial charge in [-0.3, -0.25) is 4.57 Å². The third-order valence-corrected chi connectivity index (χ3v) is 5.84. The van der Waals surface area contributed by atoms with Crippen molar-refractivity contribution in [1.29, 1.82) is 0 Å². The van der Waals surface area contributed by atoms with Crippen molar-refractivity contribution in [3.8, 4) is 0 Å². The van der Waals surface area contributed by atoms with Crippen molar-refractivity contribution in [3.05, 3.63) is 0 Å². The van der Waals surface area contributed by atoms with Crippen molar-refractivity contribution in [2.75, 3.05) is 6.61 Å². The van der Waals surface area contributed by atoms with Crippen molar-refractivity contribution in [2.24, 2.45) is 5.92 Å². The van der Waals surface area contributed by atoms with Crippen LogP contribution in [0.25, 0.3) is 0 Å². The summed E-state index contributed by atoms with van der Waals surface area (Å²) in [5.41, 5.74) is -0.972. The zero-order chi connectivity index (χ0) is 14.4. The zero-order valence-corrected chi connectivity index (χ0v) is 10.9. The van der Waals surface area contributed by atoms with Gasteiger partial charge in [-0.15, -0.1) is 0 Å². The van der Waals surface area contributed by atoms with E-state index in [0.717, 1.165) is 0 Å². The van der Waals surface area contributed by atoms with E-state index in [0.29, 0.717) is 0 Å². The van der Waals surface area contributed by atoms with Crippen LogP contribution in [0.3, 0.4) is 0 Å². The van der Waals surface area contributed by atoms with Crippen LogP contribution in [0.15, 0.2) is 0 Å². The topological polar surface area (TPSA) is 107 Å². The zero-order valence-electron chi connectivity index (χ0n) is 10.0. The van der Waals surface area contributed by atoms with Gasteiger partial charge in [0.15, 0.2) is 0 Å². The molecule has 4 N–H and O–H groups in total. The van der Waals surface area contributed by atoms with E-state index >= 15 is 0 Å². The van der Waals surface area contributed by atoms with Gasteiger partial charge in [0.25, 0.3) is 5.92 Å². The van der Waals surface area contributed by atoms with Gasteiger partial charge in [-0.1, -0.05) is 0 Å². The van der Waals surface area contributed by atoms with Crippen LogP contribution in [-0.2, 0) is 9.09 Å². The van der Waals surface area contributed by atoms with Gasteiger partial charge in [0, 0.05) is 6.42 Å². The van der Waals surface area contributed by atoms with Crippen molar-refractivity contribution in [1.82, 2.24) is 0 Å². The standard InChI is InChI=1S/C10H17F2O6P/c11-10(12)4-7(13)9(15)8(14)6(10)3-5-1-2-18-19(5,16)17/h5-9,13-15H,1-4H2,(H,16,17)/t5?,6-,7-,8-,9-/m1/s1. The van der Waals surface area contributed by atoms with Crippen LogP contribution in [0.2, 0.25) is 0 Å². The van der Waals surface area contributed by atoms with Gasteiger partial charge >= 0.3 is 7.60 Å². The maximum atomic E-state index is 13.8. The van der Waals surface area contributed by atoms with Gasteiger partial charge in [0.1, 0.15) is 6.10 Å². The second-order valence-corrected chi connectivity index (χ2v) is 7.31. The van der Waals surface area contributed by atoms with E-state index in [-0.39, 0.29) is 13.0 Å². The first-order valence-corrected chi connectivity index (χ1v) is 7.69. The van der Waals surface area contributed by atoms with Crippen molar-refractivity contribution in [2.45, 2.75) is 49.2 Å². The highest BCUT2D eigenvalue weighted by Crippen LogP contribution is 2.57. The molecular formula is C10H17F2O6P. The van der Waals surface area contributed by atoms with Crippen LogP contribution < -0.4 is 0 Å². The highest BCUT2D eigenvalue weighted by atomic mass is 31.2. The summed E-state index contributed by atoms with van der Waals surface area (Å²) in [6, 6.07) is 0. The molecule has 9 heteroatoms. The molecule has 6 nitrogen and oxygen atoms in total. The first-order chi connectivity index (χ1) is 8.65. The van der Waals surface area contributed by atoms with Crippen molar-refractivity contribution < 1.29 is 38.1 Å². The Hall–Kier alpha value is -0.110. The number of hydrogen-bond donors (Lipinski definition) is 4. The first-order valence-electron chi connectivity index (χ1n) is 6.04. The normalized spacial score (nSPS) is 50.3. The van der Waals surface area contributed by atoms with E-state index in [4.69, 9.17) is 0 Å². The first kappa shape index (κ1) is 15.3. The number of hydrogen-bond acceptors (Lipinski definition) is 5. The third-order valence-electron chi connectivity index (χ3n) is 3.89. The van der Waals surface area contributed by atoms with Crippen LogP contribution in [0.5, 0.6) is 0 Å². The predicted octanol–water partition coefficient (Wildman–Crippen LogP) is 0.0887. The summed E-state index contributed by atoms with van der Waals surface area (Å²) in [6.45, 7) is 0.0119. The fourth-order valence-electron chi connectivity index (χ4n) is 2.71. The highest BCUT2D eigenvalue weighted by molar-refractivity contribution is 7.53. The lowest BCUT2D eigenvalue weighted by atomic mass is 9.77. The number of aliphatic hydroxyl groups is 3. The number of halogens is 2. The molecule has 1 aliphatic carbocycles.